The van der Waals surface area contributed by atoms with Gasteiger partial charge in [0, 0.05) is 10.9 Å². The van der Waals surface area contributed by atoms with E-state index < -0.39 is 5.97 Å². The van der Waals surface area contributed by atoms with E-state index in [1.165, 1.54) is 11.3 Å². The summed E-state index contributed by atoms with van der Waals surface area (Å²) in [5.74, 6) is -0.981. The SMILES string of the molecule is Cc1cccc(-c2nc(C(=O)O)cs2)c1. The molecule has 1 aromatic heterocycles. The van der Waals surface area contributed by atoms with Gasteiger partial charge in [-0.15, -0.1) is 11.3 Å². The number of thiazole rings is 1. The average molecular weight is 219 g/mol. The van der Waals surface area contributed by atoms with Crippen molar-refractivity contribution in [2.45, 2.75) is 6.92 Å². The van der Waals surface area contributed by atoms with Gasteiger partial charge in [0.1, 0.15) is 5.01 Å². The predicted molar refractivity (Wildman–Crippen MR) is 59.2 cm³/mol. The molecule has 0 atom stereocenters. The van der Waals surface area contributed by atoms with Crippen LogP contribution in [0.15, 0.2) is 29.6 Å². The van der Waals surface area contributed by atoms with Crippen molar-refractivity contribution in [1.82, 2.24) is 4.98 Å². The first-order valence-electron chi connectivity index (χ1n) is 4.42. The van der Waals surface area contributed by atoms with E-state index in [-0.39, 0.29) is 5.69 Å². The summed E-state index contributed by atoms with van der Waals surface area (Å²) >= 11 is 1.35. The molecule has 1 N–H and O–H groups in total. The fourth-order valence-electron chi connectivity index (χ4n) is 1.28. The molecule has 0 aliphatic carbocycles. The number of nitrogens with zero attached hydrogens (tertiary/aromatic N) is 1. The molecule has 0 bridgehead atoms. The number of aromatic nitrogens is 1. The molecule has 0 amide bonds. The van der Waals surface area contributed by atoms with Gasteiger partial charge in [0.15, 0.2) is 5.69 Å². The number of rotatable bonds is 2. The summed E-state index contributed by atoms with van der Waals surface area (Å²) in [6.07, 6.45) is 0. The Bertz CT molecular complexity index is 505. The minimum Gasteiger partial charge on any atom is -0.476 e. The van der Waals surface area contributed by atoms with Crippen LogP contribution >= 0.6 is 11.3 Å². The lowest BCUT2D eigenvalue weighted by Crippen LogP contribution is -1.95. The molecular formula is C11H9NO2S. The van der Waals surface area contributed by atoms with Crippen LogP contribution in [0, 0.1) is 6.92 Å². The molecule has 0 unspecified atom stereocenters. The highest BCUT2D eigenvalue weighted by Crippen LogP contribution is 2.24. The van der Waals surface area contributed by atoms with Crippen molar-refractivity contribution < 1.29 is 9.90 Å². The van der Waals surface area contributed by atoms with E-state index in [0.29, 0.717) is 0 Å². The molecule has 0 radical (unpaired) electrons. The Morgan fingerprint density at radius 1 is 1.47 bits per heavy atom. The van der Waals surface area contributed by atoms with Gasteiger partial charge >= 0.3 is 5.97 Å². The van der Waals surface area contributed by atoms with Crippen LogP contribution in [-0.4, -0.2) is 16.1 Å². The number of hydrogen-bond donors (Lipinski definition) is 1. The fraction of sp³-hybridized carbons (Fsp3) is 0.0909. The highest BCUT2D eigenvalue weighted by atomic mass is 32.1. The Hall–Kier alpha value is -1.68. The summed E-state index contributed by atoms with van der Waals surface area (Å²) in [7, 11) is 0. The van der Waals surface area contributed by atoms with Crippen molar-refractivity contribution in [2.24, 2.45) is 0 Å². The summed E-state index contributed by atoms with van der Waals surface area (Å²) in [6.45, 7) is 2.00. The van der Waals surface area contributed by atoms with Crippen molar-refractivity contribution in [3.05, 3.63) is 40.9 Å². The zero-order chi connectivity index (χ0) is 10.8. The summed E-state index contributed by atoms with van der Waals surface area (Å²) in [4.78, 5) is 14.7. The highest BCUT2D eigenvalue weighted by Gasteiger charge is 2.09. The van der Waals surface area contributed by atoms with Crippen molar-refractivity contribution in [2.75, 3.05) is 0 Å². The smallest absolute Gasteiger partial charge is 0.355 e. The monoisotopic (exact) mass is 219 g/mol. The number of carboxylic acid groups (broad SMARTS) is 1. The van der Waals surface area contributed by atoms with Crippen LogP contribution < -0.4 is 0 Å². The van der Waals surface area contributed by atoms with Crippen LogP contribution in [0.25, 0.3) is 10.6 Å². The number of aromatic carboxylic acids is 1. The molecule has 76 valence electrons. The Morgan fingerprint density at radius 3 is 2.87 bits per heavy atom. The Morgan fingerprint density at radius 2 is 2.27 bits per heavy atom. The van der Waals surface area contributed by atoms with Crippen LogP contribution in [-0.2, 0) is 0 Å². The molecule has 15 heavy (non-hydrogen) atoms. The maximum Gasteiger partial charge on any atom is 0.355 e. The minimum absolute atomic E-state index is 0.108. The summed E-state index contributed by atoms with van der Waals surface area (Å²) in [5, 5.41) is 11.0. The maximum atomic E-state index is 10.7. The van der Waals surface area contributed by atoms with E-state index >= 15 is 0 Å². The highest BCUT2D eigenvalue weighted by molar-refractivity contribution is 7.13. The number of benzene rings is 1. The average Bonchev–Trinajstić information content (AvgIpc) is 2.66. The first-order valence-corrected chi connectivity index (χ1v) is 5.30. The lowest BCUT2D eigenvalue weighted by atomic mass is 10.1. The maximum absolute atomic E-state index is 10.7. The third kappa shape index (κ3) is 2.05. The summed E-state index contributed by atoms with van der Waals surface area (Å²) in [6, 6.07) is 7.85. The molecule has 0 spiro atoms. The van der Waals surface area contributed by atoms with E-state index in [0.717, 1.165) is 16.1 Å². The van der Waals surface area contributed by atoms with Crippen LogP contribution in [0.2, 0.25) is 0 Å². The first kappa shape index (κ1) is 9.86. The largest absolute Gasteiger partial charge is 0.476 e. The fourth-order valence-corrected chi connectivity index (χ4v) is 2.07. The minimum atomic E-state index is -0.981. The predicted octanol–water partition coefficient (Wildman–Crippen LogP) is 2.82. The molecular weight excluding hydrogens is 210 g/mol. The molecule has 1 aromatic carbocycles. The van der Waals surface area contributed by atoms with E-state index in [4.69, 9.17) is 5.11 Å². The van der Waals surface area contributed by atoms with E-state index in [1.807, 2.05) is 31.2 Å². The quantitative estimate of drug-likeness (QED) is 0.844. The lowest BCUT2D eigenvalue weighted by Gasteiger charge is -1.96. The lowest BCUT2D eigenvalue weighted by molar-refractivity contribution is 0.0691. The van der Waals surface area contributed by atoms with Crippen LogP contribution in [0.5, 0.6) is 0 Å². The zero-order valence-electron chi connectivity index (χ0n) is 8.10. The second-order valence-corrected chi connectivity index (χ2v) is 4.07. The van der Waals surface area contributed by atoms with Gasteiger partial charge in [0.2, 0.25) is 0 Å². The van der Waals surface area contributed by atoms with Crippen LogP contribution in [0.1, 0.15) is 16.1 Å². The zero-order valence-corrected chi connectivity index (χ0v) is 8.91. The Balaban J connectivity index is 2.41. The number of carbonyl (C=O) groups is 1. The molecule has 0 saturated heterocycles. The van der Waals surface area contributed by atoms with Crippen molar-refractivity contribution >= 4 is 17.3 Å². The molecule has 2 rings (SSSR count). The van der Waals surface area contributed by atoms with E-state index in [2.05, 4.69) is 4.98 Å². The summed E-state index contributed by atoms with van der Waals surface area (Å²) in [5.41, 5.74) is 2.21. The van der Waals surface area contributed by atoms with Gasteiger partial charge < -0.3 is 5.11 Å². The molecule has 0 aliphatic heterocycles. The van der Waals surface area contributed by atoms with E-state index in [1.54, 1.807) is 5.38 Å². The number of hydrogen-bond acceptors (Lipinski definition) is 3. The number of carboxylic acids is 1. The normalized spacial score (nSPS) is 10.2. The molecule has 1 heterocycles. The van der Waals surface area contributed by atoms with Crippen molar-refractivity contribution in [3.63, 3.8) is 0 Å². The second kappa shape index (κ2) is 3.82. The van der Waals surface area contributed by atoms with Crippen molar-refractivity contribution in [3.8, 4) is 10.6 Å². The van der Waals surface area contributed by atoms with Gasteiger partial charge in [-0.2, -0.15) is 0 Å². The van der Waals surface area contributed by atoms with Gasteiger partial charge in [0.25, 0.3) is 0 Å². The standard InChI is InChI=1S/C11H9NO2S/c1-7-3-2-4-8(5-7)10-12-9(6-15-10)11(13)14/h2-6H,1H3,(H,13,14). The topological polar surface area (TPSA) is 50.2 Å². The third-order valence-corrected chi connectivity index (χ3v) is 2.88. The molecule has 4 heteroatoms. The molecule has 3 nitrogen and oxygen atoms in total. The third-order valence-electron chi connectivity index (χ3n) is 1.99. The Kier molecular flexibility index (Phi) is 2.51. The van der Waals surface area contributed by atoms with Crippen LogP contribution in [0.3, 0.4) is 0 Å². The number of aryl methyl sites for hydroxylation is 1. The van der Waals surface area contributed by atoms with Crippen molar-refractivity contribution in [1.29, 1.82) is 0 Å². The van der Waals surface area contributed by atoms with Gasteiger partial charge in [-0.1, -0.05) is 23.8 Å². The van der Waals surface area contributed by atoms with Gasteiger partial charge in [-0.05, 0) is 13.0 Å². The molecule has 0 saturated carbocycles. The molecule has 0 aliphatic rings. The Labute approximate surface area is 91.0 Å². The molecule has 2 aromatic rings. The second-order valence-electron chi connectivity index (χ2n) is 3.21. The summed E-state index contributed by atoms with van der Waals surface area (Å²) < 4.78 is 0. The van der Waals surface area contributed by atoms with Gasteiger partial charge in [-0.25, -0.2) is 9.78 Å². The van der Waals surface area contributed by atoms with Gasteiger partial charge in [-0.3, -0.25) is 0 Å². The van der Waals surface area contributed by atoms with Crippen LogP contribution in [0.4, 0.5) is 0 Å². The van der Waals surface area contributed by atoms with E-state index in [9.17, 15) is 4.79 Å². The molecule has 0 fully saturated rings. The first-order chi connectivity index (χ1) is 7.16. The van der Waals surface area contributed by atoms with Gasteiger partial charge in [0.05, 0.1) is 0 Å².